The Morgan fingerprint density at radius 3 is 2.04 bits per heavy atom. The van der Waals surface area contributed by atoms with Gasteiger partial charge in [0.15, 0.2) is 5.88 Å². The summed E-state index contributed by atoms with van der Waals surface area (Å²) >= 11 is 0. The summed E-state index contributed by atoms with van der Waals surface area (Å²) < 4.78 is 16.7. The van der Waals surface area contributed by atoms with Crippen LogP contribution in [0, 0.1) is 34.5 Å². The fourth-order valence-electron chi connectivity index (χ4n) is 5.09. The van der Waals surface area contributed by atoms with Crippen LogP contribution in [0.1, 0.15) is 80.6 Å². The number of unbranched alkanes of at least 4 members (excludes halogenated alkanes) is 2. The third kappa shape index (κ3) is 12.9. The quantitative estimate of drug-likeness (QED) is 0.0757. The van der Waals surface area contributed by atoms with Gasteiger partial charge in [-0.15, -0.1) is 0 Å². The van der Waals surface area contributed by atoms with Gasteiger partial charge in [-0.2, -0.15) is 15.4 Å². The zero-order valence-corrected chi connectivity index (χ0v) is 31.0. The smallest absolute Gasteiger partial charge is 0.271 e. The van der Waals surface area contributed by atoms with E-state index >= 15 is 0 Å². The zero-order chi connectivity index (χ0) is 36.4. The number of rotatable bonds is 17. The van der Waals surface area contributed by atoms with Crippen molar-refractivity contribution >= 4 is 27.1 Å². The molecule has 0 fully saturated rings. The Kier molecular flexibility index (Phi) is 19.8. The standard InChI is InChI=1S/C30H40N4O6.C5H14NOP/c1-19(2)39-15-9-13-33-27(35)23(21(5)25(17-31)28(33)36)11-8-12-24-22(6)26(18-32)29(37)34(30(24)38-7)14-10-16-40-20(3)4;1-2-3-4-5-6(7)8/h8,11-12,19-20,22,26H,9-10,13-16H2,1-7H3;7H,2-5,8H2,1H3/p+1/b12-8+,23-11-;. The van der Waals surface area contributed by atoms with E-state index in [2.05, 4.69) is 22.4 Å². The van der Waals surface area contributed by atoms with E-state index in [1.807, 2.05) is 33.8 Å². The fourth-order valence-corrected chi connectivity index (χ4v) is 5.29. The number of allylic oxidation sites excluding steroid dienone is 4. The van der Waals surface area contributed by atoms with Crippen LogP contribution in [0.3, 0.4) is 0 Å². The number of hydrogen-bond acceptors (Lipinski definition) is 9. The first kappa shape index (κ1) is 42.6. The average Bonchev–Trinajstić information content (AvgIpc) is 3.02. The summed E-state index contributed by atoms with van der Waals surface area (Å²) in [5, 5.41) is 28.0. The Balaban J connectivity index is 0.00000127. The van der Waals surface area contributed by atoms with Gasteiger partial charge in [-0.1, -0.05) is 32.4 Å². The molecule has 0 aromatic rings. The minimum atomic E-state index is -0.901. The molecule has 0 aromatic carbocycles. The molecule has 0 radical (unpaired) electrons. The molecule has 2 rings (SSSR count). The van der Waals surface area contributed by atoms with E-state index in [1.165, 1.54) is 24.9 Å². The van der Waals surface area contributed by atoms with Crippen LogP contribution in [0.4, 0.5) is 0 Å². The van der Waals surface area contributed by atoms with Crippen LogP contribution in [-0.4, -0.2) is 84.9 Å². The Hall–Kier alpha value is -3.38. The molecular formula is C35H55N5O7P+. The van der Waals surface area contributed by atoms with Crippen molar-refractivity contribution < 1.29 is 38.6 Å². The van der Waals surface area contributed by atoms with Gasteiger partial charge < -0.3 is 14.2 Å². The summed E-state index contributed by atoms with van der Waals surface area (Å²) in [6.07, 6.45) is 9.53. The minimum Gasteiger partial charge on any atom is -0.482 e. The lowest BCUT2D eigenvalue weighted by atomic mass is 9.83. The van der Waals surface area contributed by atoms with Crippen molar-refractivity contribution in [3.63, 3.8) is 0 Å². The van der Waals surface area contributed by atoms with Crippen molar-refractivity contribution in [2.24, 2.45) is 11.8 Å². The highest BCUT2D eigenvalue weighted by Gasteiger charge is 2.40. The van der Waals surface area contributed by atoms with Crippen molar-refractivity contribution in [3.05, 3.63) is 46.4 Å². The molecule has 2 aliphatic rings. The Labute approximate surface area is 288 Å². The molecule has 266 valence electrons. The first-order valence-corrected chi connectivity index (χ1v) is 17.2. The lowest BCUT2D eigenvalue weighted by molar-refractivity contribution is -0.975. The van der Waals surface area contributed by atoms with Gasteiger partial charge in [-0.05, 0) is 72.0 Å². The number of quaternary nitrogens is 1. The van der Waals surface area contributed by atoms with Gasteiger partial charge in [0, 0.05) is 43.4 Å². The van der Waals surface area contributed by atoms with E-state index in [0.717, 1.165) is 17.9 Å². The lowest BCUT2D eigenvalue weighted by Gasteiger charge is -2.35. The van der Waals surface area contributed by atoms with Crippen LogP contribution in [0.15, 0.2) is 46.4 Å². The van der Waals surface area contributed by atoms with Crippen LogP contribution >= 0.6 is 9.39 Å². The molecule has 0 saturated heterocycles. The second kappa shape index (κ2) is 22.3. The van der Waals surface area contributed by atoms with E-state index < -0.39 is 23.7 Å². The summed E-state index contributed by atoms with van der Waals surface area (Å²) in [6.45, 7) is 15.3. The predicted octanol–water partition coefficient (Wildman–Crippen LogP) is 4.02. The SMILES string of the molecule is CCCCC[NH+](O)P.COC1=C(/C=C/C=C2\C(=O)N(CCCOC(C)C)C(=O)C(C#N)=C2C)C(C)C(C#N)C(=O)N1CCCOC(C)C. The first-order chi connectivity index (χ1) is 22.8. The third-order valence-electron chi connectivity index (χ3n) is 7.70. The summed E-state index contributed by atoms with van der Waals surface area (Å²) in [4.78, 5) is 42.2. The third-order valence-corrected chi connectivity index (χ3v) is 7.99. The Morgan fingerprint density at radius 2 is 1.56 bits per heavy atom. The minimum absolute atomic E-state index is 0.0267. The maximum atomic E-state index is 13.3. The number of hydroxylamine groups is 1. The molecule has 2 heterocycles. The maximum absolute atomic E-state index is 13.3. The van der Waals surface area contributed by atoms with Gasteiger partial charge in [0.05, 0.1) is 25.4 Å². The van der Waals surface area contributed by atoms with E-state index in [4.69, 9.17) is 19.4 Å². The zero-order valence-electron chi connectivity index (χ0n) is 29.9. The molecule has 4 atom stereocenters. The number of imide groups is 1. The number of amides is 3. The van der Waals surface area contributed by atoms with Gasteiger partial charge in [0.2, 0.25) is 5.91 Å². The van der Waals surface area contributed by atoms with Crippen LogP contribution in [0.5, 0.6) is 0 Å². The largest absolute Gasteiger partial charge is 0.482 e. The maximum Gasteiger partial charge on any atom is 0.271 e. The number of ether oxygens (including phenoxy) is 3. The van der Waals surface area contributed by atoms with Crippen molar-refractivity contribution in [2.45, 2.75) is 92.8 Å². The molecule has 12 nitrogen and oxygen atoms in total. The second-order valence-corrected chi connectivity index (χ2v) is 12.8. The van der Waals surface area contributed by atoms with Crippen molar-refractivity contribution in [1.82, 2.24) is 9.80 Å². The molecule has 0 aliphatic carbocycles. The lowest BCUT2D eigenvalue weighted by Crippen LogP contribution is -2.99. The molecule has 13 heteroatoms. The molecule has 0 saturated carbocycles. The van der Waals surface area contributed by atoms with E-state index in [-0.39, 0.29) is 35.8 Å². The van der Waals surface area contributed by atoms with Crippen molar-refractivity contribution in [1.29, 1.82) is 10.5 Å². The number of hydrogen-bond donors (Lipinski definition) is 2. The summed E-state index contributed by atoms with van der Waals surface area (Å²) in [7, 11) is 3.77. The van der Waals surface area contributed by atoms with Gasteiger partial charge in [0.25, 0.3) is 11.8 Å². The number of nitriles is 2. The molecule has 4 unspecified atom stereocenters. The molecule has 0 aromatic heterocycles. The second-order valence-electron chi connectivity index (χ2n) is 12.2. The van der Waals surface area contributed by atoms with E-state index in [9.17, 15) is 24.9 Å². The number of nitrogens with one attached hydrogen (secondary N) is 1. The molecule has 0 bridgehead atoms. The molecular weight excluding hydrogens is 633 g/mol. The fraction of sp³-hybridized carbons (Fsp3) is 0.629. The van der Waals surface area contributed by atoms with Crippen molar-refractivity contribution in [3.8, 4) is 12.1 Å². The molecule has 2 aliphatic heterocycles. The van der Waals surface area contributed by atoms with Gasteiger partial charge in [-0.25, -0.2) is 5.21 Å². The average molecular weight is 689 g/mol. The predicted molar refractivity (Wildman–Crippen MR) is 185 cm³/mol. The van der Waals surface area contributed by atoms with Crippen LogP contribution in [-0.2, 0) is 28.6 Å². The first-order valence-electron chi connectivity index (χ1n) is 16.7. The molecule has 2 N–H and O–H groups in total. The van der Waals surface area contributed by atoms with Gasteiger partial charge in [-0.3, -0.25) is 24.2 Å². The summed E-state index contributed by atoms with van der Waals surface area (Å²) in [5.74, 6) is -2.47. The van der Waals surface area contributed by atoms with Crippen LogP contribution in [0.25, 0.3) is 0 Å². The Bertz CT molecular complexity index is 1310. The highest BCUT2D eigenvalue weighted by molar-refractivity contribution is 7.07. The Morgan fingerprint density at radius 1 is 0.979 bits per heavy atom. The van der Waals surface area contributed by atoms with Gasteiger partial charge in [0.1, 0.15) is 33.5 Å². The van der Waals surface area contributed by atoms with Crippen molar-refractivity contribution in [2.75, 3.05) is 40.0 Å². The number of methoxy groups -OCH3 is 1. The topological polar surface area (TPSA) is 158 Å². The van der Waals surface area contributed by atoms with E-state index in [1.54, 1.807) is 32.1 Å². The normalized spacial score (nSPS) is 20.1. The number of carbonyl (C=O) groups is 3. The molecule has 48 heavy (non-hydrogen) atoms. The summed E-state index contributed by atoms with van der Waals surface area (Å²) in [5.41, 5.74) is 1.05. The number of carbonyl (C=O) groups excluding carboxylic acids is 3. The van der Waals surface area contributed by atoms with Crippen LogP contribution < -0.4 is 4.83 Å². The molecule has 0 spiro atoms. The van der Waals surface area contributed by atoms with Gasteiger partial charge >= 0.3 is 0 Å². The van der Waals surface area contributed by atoms with Crippen LogP contribution in [0.2, 0.25) is 0 Å². The highest BCUT2D eigenvalue weighted by atomic mass is 31.0. The summed E-state index contributed by atoms with van der Waals surface area (Å²) in [6, 6.07) is 4.04. The monoisotopic (exact) mass is 688 g/mol. The molecule has 3 amide bonds. The van der Waals surface area contributed by atoms with E-state index in [0.29, 0.717) is 54.5 Å². The highest BCUT2D eigenvalue weighted by Crippen LogP contribution is 2.34. The number of nitrogens with zero attached hydrogens (tertiary/aromatic N) is 4.